The van der Waals surface area contributed by atoms with E-state index in [2.05, 4.69) is 55.3 Å². The van der Waals surface area contributed by atoms with Crippen LogP contribution in [0.1, 0.15) is 38.3 Å². The van der Waals surface area contributed by atoms with Gasteiger partial charge in [0.2, 0.25) is 0 Å². The van der Waals surface area contributed by atoms with Gasteiger partial charge in [0.1, 0.15) is 0 Å². The Hall–Kier alpha value is -0.860. The van der Waals surface area contributed by atoms with Gasteiger partial charge in [0.15, 0.2) is 0 Å². The topological polar surface area (TPSA) is 15.3 Å². The molecule has 0 aromatic heterocycles. The largest absolute Gasteiger partial charge is 0.311 e. The Morgan fingerprint density at radius 3 is 2.65 bits per heavy atom. The van der Waals surface area contributed by atoms with Gasteiger partial charge in [-0.3, -0.25) is 4.90 Å². The fraction of sp³-hybridized carbons (Fsp3) is 0.667. The van der Waals surface area contributed by atoms with E-state index in [1.54, 1.807) is 11.1 Å². The molecule has 1 saturated heterocycles. The van der Waals surface area contributed by atoms with Gasteiger partial charge in [0.25, 0.3) is 0 Å². The van der Waals surface area contributed by atoms with Gasteiger partial charge in [-0.2, -0.15) is 0 Å². The van der Waals surface area contributed by atoms with Crippen LogP contribution >= 0.6 is 0 Å². The molecule has 0 radical (unpaired) electrons. The third-order valence-electron chi connectivity index (χ3n) is 5.09. The third-order valence-corrected chi connectivity index (χ3v) is 5.09. The lowest BCUT2D eigenvalue weighted by Gasteiger charge is -2.44. The second-order valence-corrected chi connectivity index (χ2v) is 7.53. The Bertz CT molecular complexity index is 461. The Kier molecular flexibility index (Phi) is 3.87. The molecule has 0 amide bonds. The summed E-state index contributed by atoms with van der Waals surface area (Å²) < 4.78 is 0. The molecule has 2 unspecified atom stereocenters. The first-order chi connectivity index (χ1) is 9.54. The molecular formula is C18H28N2. The first kappa shape index (κ1) is 14.1. The lowest BCUT2D eigenvalue weighted by molar-refractivity contribution is 0.0911. The van der Waals surface area contributed by atoms with Crippen molar-refractivity contribution in [3.8, 4) is 0 Å². The number of nitrogens with one attached hydrogen (secondary N) is 1. The van der Waals surface area contributed by atoms with Crippen LogP contribution in [0.2, 0.25) is 0 Å². The van der Waals surface area contributed by atoms with Crippen molar-refractivity contribution in [2.24, 2.45) is 5.41 Å². The fourth-order valence-electron chi connectivity index (χ4n) is 3.67. The van der Waals surface area contributed by atoms with Gasteiger partial charge < -0.3 is 5.32 Å². The van der Waals surface area contributed by atoms with Gasteiger partial charge in [-0.05, 0) is 35.8 Å². The Balaban J connectivity index is 1.69. The summed E-state index contributed by atoms with van der Waals surface area (Å²) in [5.74, 6) is 0. The highest BCUT2D eigenvalue weighted by Crippen LogP contribution is 2.28. The maximum absolute atomic E-state index is 3.71. The Morgan fingerprint density at radius 2 is 1.90 bits per heavy atom. The fourth-order valence-corrected chi connectivity index (χ4v) is 3.67. The van der Waals surface area contributed by atoms with Crippen LogP contribution in [-0.2, 0) is 12.8 Å². The van der Waals surface area contributed by atoms with Crippen molar-refractivity contribution in [3.05, 3.63) is 35.4 Å². The summed E-state index contributed by atoms with van der Waals surface area (Å²) in [4.78, 5) is 2.74. The van der Waals surface area contributed by atoms with Crippen molar-refractivity contribution in [1.82, 2.24) is 10.2 Å². The molecule has 1 aliphatic carbocycles. The van der Waals surface area contributed by atoms with E-state index >= 15 is 0 Å². The number of hydrogen-bond donors (Lipinski definition) is 1. The number of hydrogen-bond acceptors (Lipinski definition) is 2. The molecule has 2 aliphatic rings. The number of aryl methyl sites for hydroxylation is 1. The van der Waals surface area contributed by atoms with Crippen LogP contribution in [0.4, 0.5) is 0 Å². The summed E-state index contributed by atoms with van der Waals surface area (Å²) in [5, 5.41) is 3.71. The van der Waals surface area contributed by atoms with Crippen LogP contribution in [-0.4, -0.2) is 36.6 Å². The van der Waals surface area contributed by atoms with Crippen molar-refractivity contribution >= 4 is 0 Å². The highest BCUT2D eigenvalue weighted by atomic mass is 15.2. The minimum absolute atomic E-state index is 0.352. The number of nitrogens with zero attached hydrogens (tertiary/aromatic N) is 1. The summed E-state index contributed by atoms with van der Waals surface area (Å²) in [7, 11) is 0. The van der Waals surface area contributed by atoms with E-state index < -0.39 is 0 Å². The van der Waals surface area contributed by atoms with Crippen LogP contribution in [0, 0.1) is 5.41 Å². The van der Waals surface area contributed by atoms with E-state index in [9.17, 15) is 0 Å². The van der Waals surface area contributed by atoms with Crippen molar-refractivity contribution in [1.29, 1.82) is 0 Å². The average Bonchev–Trinajstić information content (AvgIpc) is 2.46. The van der Waals surface area contributed by atoms with E-state index in [1.807, 2.05) is 0 Å². The second-order valence-electron chi connectivity index (χ2n) is 7.53. The highest BCUT2D eigenvalue weighted by molar-refractivity contribution is 5.30. The SMILES string of the molecule is CC(C)(C)C1CN(C2CCc3ccccc3C2)CCN1. The molecule has 110 valence electrons. The van der Waals surface area contributed by atoms with Gasteiger partial charge in [0, 0.05) is 31.7 Å². The summed E-state index contributed by atoms with van der Waals surface area (Å²) in [6.07, 6.45) is 3.83. The van der Waals surface area contributed by atoms with E-state index in [0.717, 1.165) is 12.6 Å². The second kappa shape index (κ2) is 5.50. The molecule has 20 heavy (non-hydrogen) atoms. The van der Waals surface area contributed by atoms with Crippen molar-refractivity contribution < 1.29 is 0 Å². The lowest BCUT2D eigenvalue weighted by atomic mass is 9.83. The normalized spacial score (nSPS) is 28.1. The maximum atomic E-state index is 3.71. The molecule has 1 N–H and O–H groups in total. The molecule has 1 aromatic carbocycles. The Labute approximate surface area is 123 Å². The zero-order valence-electron chi connectivity index (χ0n) is 13.2. The smallest absolute Gasteiger partial charge is 0.0244 e. The quantitative estimate of drug-likeness (QED) is 0.845. The standard InChI is InChI=1S/C18H28N2/c1-18(2,3)17-13-20(11-10-19-17)16-9-8-14-6-4-5-7-15(14)12-16/h4-7,16-17,19H,8-13H2,1-3H3. The van der Waals surface area contributed by atoms with Gasteiger partial charge >= 0.3 is 0 Å². The van der Waals surface area contributed by atoms with Gasteiger partial charge in [-0.1, -0.05) is 45.0 Å². The molecule has 2 atom stereocenters. The van der Waals surface area contributed by atoms with Gasteiger partial charge in [-0.25, -0.2) is 0 Å². The van der Waals surface area contributed by atoms with Crippen molar-refractivity contribution in [2.75, 3.05) is 19.6 Å². The van der Waals surface area contributed by atoms with E-state index in [-0.39, 0.29) is 0 Å². The molecule has 1 heterocycles. The predicted octanol–water partition coefficient (Wildman–Crippen LogP) is 2.86. The van der Waals surface area contributed by atoms with E-state index in [4.69, 9.17) is 0 Å². The lowest BCUT2D eigenvalue weighted by Crippen LogP contribution is -2.58. The van der Waals surface area contributed by atoms with Crippen molar-refractivity contribution in [3.63, 3.8) is 0 Å². The molecule has 0 saturated carbocycles. The minimum Gasteiger partial charge on any atom is -0.311 e. The van der Waals surface area contributed by atoms with Gasteiger partial charge in [0.05, 0.1) is 0 Å². The molecule has 1 aliphatic heterocycles. The molecule has 2 nitrogen and oxygen atoms in total. The zero-order chi connectivity index (χ0) is 14.2. The molecule has 1 fully saturated rings. The molecule has 1 aromatic rings. The monoisotopic (exact) mass is 272 g/mol. The summed E-state index contributed by atoms with van der Waals surface area (Å²) >= 11 is 0. The number of piperazine rings is 1. The Morgan fingerprint density at radius 1 is 1.15 bits per heavy atom. The maximum Gasteiger partial charge on any atom is 0.0244 e. The van der Waals surface area contributed by atoms with Crippen LogP contribution in [0.25, 0.3) is 0 Å². The van der Waals surface area contributed by atoms with Gasteiger partial charge in [-0.15, -0.1) is 0 Å². The van der Waals surface area contributed by atoms with Crippen molar-refractivity contribution in [2.45, 2.75) is 52.1 Å². The number of rotatable bonds is 1. The summed E-state index contributed by atoms with van der Waals surface area (Å²) in [5.41, 5.74) is 3.51. The summed E-state index contributed by atoms with van der Waals surface area (Å²) in [6, 6.07) is 10.4. The van der Waals surface area contributed by atoms with E-state index in [1.165, 1.54) is 32.4 Å². The first-order valence-electron chi connectivity index (χ1n) is 8.08. The number of fused-ring (bicyclic) bond motifs is 1. The molecule has 0 bridgehead atoms. The first-order valence-corrected chi connectivity index (χ1v) is 8.08. The van der Waals surface area contributed by atoms with Crippen LogP contribution in [0.5, 0.6) is 0 Å². The average molecular weight is 272 g/mol. The number of benzene rings is 1. The molecule has 0 spiro atoms. The van der Waals surface area contributed by atoms with Crippen LogP contribution < -0.4 is 5.32 Å². The highest BCUT2D eigenvalue weighted by Gasteiger charge is 2.33. The van der Waals surface area contributed by atoms with Crippen LogP contribution in [0.15, 0.2) is 24.3 Å². The zero-order valence-corrected chi connectivity index (χ0v) is 13.2. The van der Waals surface area contributed by atoms with E-state index in [0.29, 0.717) is 11.5 Å². The predicted molar refractivity (Wildman–Crippen MR) is 85.1 cm³/mol. The molecule has 2 heteroatoms. The summed E-state index contributed by atoms with van der Waals surface area (Å²) in [6.45, 7) is 10.6. The minimum atomic E-state index is 0.352. The molecule has 3 rings (SSSR count). The molecular weight excluding hydrogens is 244 g/mol. The third kappa shape index (κ3) is 2.91. The van der Waals surface area contributed by atoms with Crippen LogP contribution in [0.3, 0.4) is 0 Å².